The Morgan fingerprint density at radius 2 is 1.86 bits per heavy atom. The van der Waals surface area contributed by atoms with E-state index in [1.54, 1.807) is 0 Å². The molecule has 0 amide bonds. The standard InChI is InChI=1S/C12H15NO/c1-8-5-10(12(2,3)4)11(14)6-9(8)7-13/h5-6,14H,1-4H3. The van der Waals surface area contributed by atoms with E-state index in [2.05, 4.69) is 6.07 Å². The second-order valence-electron chi connectivity index (χ2n) is 4.55. The summed E-state index contributed by atoms with van der Waals surface area (Å²) in [5, 5.41) is 18.5. The molecule has 14 heavy (non-hydrogen) atoms. The fourth-order valence-electron chi connectivity index (χ4n) is 1.42. The number of nitriles is 1. The number of hydrogen-bond donors (Lipinski definition) is 1. The SMILES string of the molecule is Cc1cc(C(C)(C)C)c(O)cc1C#N. The molecule has 0 bridgehead atoms. The van der Waals surface area contributed by atoms with Crippen LogP contribution in [0.25, 0.3) is 0 Å². The molecule has 0 fully saturated rings. The van der Waals surface area contributed by atoms with Gasteiger partial charge in [0.1, 0.15) is 5.75 Å². The molecule has 0 heterocycles. The Kier molecular flexibility index (Phi) is 2.53. The summed E-state index contributed by atoms with van der Waals surface area (Å²) in [7, 11) is 0. The van der Waals surface area contributed by atoms with Gasteiger partial charge in [-0.25, -0.2) is 0 Å². The van der Waals surface area contributed by atoms with Gasteiger partial charge in [0.05, 0.1) is 11.6 Å². The Hall–Kier alpha value is -1.49. The number of benzene rings is 1. The first-order valence-electron chi connectivity index (χ1n) is 4.60. The van der Waals surface area contributed by atoms with E-state index in [-0.39, 0.29) is 11.2 Å². The zero-order valence-corrected chi connectivity index (χ0v) is 9.05. The first-order chi connectivity index (χ1) is 6.36. The predicted molar refractivity (Wildman–Crippen MR) is 56.3 cm³/mol. The molecule has 0 atom stereocenters. The van der Waals surface area contributed by atoms with Crippen molar-refractivity contribution in [3.8, 4) is 11.8 Å². The van der Waals surface area contributed by atoms with E-state index in [1.165, 1.54) is 6.07 Å². The van der Waals surface area contributed by atoms with Crippen LogP contribution in [0.4, 0.5) is 0 Å². The van der Waals surface area contributed by atoms with Crippen molar-refractivity contribution < 1.29 is 5.11 Å². The summed E-state index contributed by atoms with van der Waals surface area (Å²) in [5.41, 5.74) is 2.24. The van der Waals surface area contributed by atoms with E-state index >= 15 is 0 Å². The Morgan fingerprint density at radius 1 is 1.29 bits per heavy atom. The van der Waals surface area contributed by atoms with Gasteiger partial charge in [0, 0.05) is 0 Å². The van der Waals surface area contributed by atoms with Gasteiger partial charge in [-0.3, -0.25) is 0 Å². The minimum Gasteiger partial charge on any atom is -0.508 e. The smallest absolute Gasteiger partial charge is 0.120 e. The topological polar surface area (TPSA) is 44.0 Å². The minimum atomic E-state index is -0.0944. The average molecular weight is 189 g/mol. The number of hydrogen-bond acceptors (Lipinski definition) is 2. The van der Waals surface area contributed by atoms with Crippen LogP contribution in [0.1, 0.15) is 37.5 Å². The largest absolute Gasteiger partial charge is 0.508 e. The Morgan fingerprint density at radius 3 is 2.29 bits per heavy atom. The number of aromatic hydroxyl groups is 1. The third-order valence-electron chi connectivity index (χ3n) is 2.27. The van der Waals surface area contributed by atoms with Gasteiger partial charge in [0.25, 0.3) is 0 Å². The molecule has 2 heteroatoms. The summed E-state index contributed by atoms with van der Waals surface area (Å²) in [6.07, 6.45) is 0. The lowest BCUT2D eigenvalue weighted by molar-refractivity contribution is 0.446. The van der Waals surface area contributed by atoms with E-state index in [0.717, 1.165) is 11.1 Å². The molecule has 0 aliphatic carbocycles. The predicted octanol–water partition coefficient (Wildman–Crippen LogP) is 2.87. The molecule has 1 aromatic rings. The molecule has 0 spiro atoms. The van der Waals surface area contributed by atoms with Crippen LogP contribution in [0.2, 0.25) is 0 Å². The fourth-order valence-corrected chi connectivity index (χ4v) is 1.42. The number of phenols is 1. The first kappa shape index (κ1) is 10.6. The Balaban J connectivity index is 3.38. The molecule has 1 rings (SSSR count). The maximum Gasteiger partial charge on any atom is 0.120 e. The highest BCUT2D eigenvalue weighted by atomic mass is 16.3. The van der Waals surface area contributed by atoms with Gasteiger partial charge >= 0.3 is 0 Å². The summed E-state index contributed by atoms with van der Waals surface area (Å²) in [6, 6.07) is 5.48. The zero-order valence-electron chi connectivity index (χ0n) is 9.05. The zero-order chi connectivity index (χ0) is 10.9. The highest BCUT2D eigenvalue weighted by molar-refractivity contribution is 5.49. The molecule has 1 N–H and O–H groups in total. The minimum absolute atomic E-state index is 0.0944. The maximum absolute atomic E-state index is 9.73. The van der Waals surface area contributed by atoms with Crippen molar-refractivity contribution in [3.05, 3.63) is 28.8 Å². The normalized spacial score (nSPS) is 11.1. The number of nitrogens with zero attached hydrogens (tertiary/aromatic N) is 1. The Labute approximate surface area is 84.8 Å². The molecule has 0 radical (unpaired) electrons. The number of aryl methyl sites for hydroxylation is 1. The van der Waals surface area contributed by atoms with Crippen LogP contribution in [-0.4, -0.2) is 5.11 Å². The van der Waals surface area contributed by atoms with E-state index < -0.39 is 0 Å². The highest BCUT2D eigenvalue weighted by Gasteiger charge is 2.19. The summed E-state index contributed by atoms with van der Waals surface area (Å²) < 4.78 is 0. The molecular weight excluding hydrogens is 174 g/mol. The van der Waals surface area contributed by atoms with Gasteiger partial charge in [-0.15, -0.1) is 0 Å². The first-order valence-corrected chi connectivity index (χ1v) is 4.60. The molecule has 1 aromatic carbocycles. The summed E-state index contributed by atoms with van der Waals surface area (Å²) in [5.74, 6) is 0.208. The molecule has 0 aliphatic rings. The molecular formula is C12H15NO. The monoisotopic (exact) mass is 189 g/mol. The van der Waals surface area contributed by atoms with Gasteiger partial charge in [0.2, 0.25) is 0 Å². The molecule has 0 saturated carbocycles. The van der Waals surface area contributed by atoms with E-state index in [0.29, 0.717) is 5.56 Å². The van der Waals surface area contributed by atoms with Gasteiger partial charge in [-0.05, 0) is 29.5 Å². The quantitative estimate of drug-likeness (QED) is 0.682. The van der Waals surface area contributed by atoms with E-state index in [1.807, 2.05) is 33.8 Å². The van der Waals surface area contributed by atoms with Crippen LogP contribution in [0.5, 0.6) is 5.75 Å². The summed E-state index contributed by atoms with van der Waals surface area (Å²) >= 11 is 0. The molecule has 0 unspecified atom stereocenters. The van der Waals surface area contributed by atoms with Gasteiger partial charge in [-0.2, -0.15) is 5.26 Å². The van der Waals surface area contributed by atoms with Gasteiger partial charge in [-0.1, -0.05) is 26.8 Å². The highest BCUT2D eigenvalue weighted by Crippen LogP contribution is 2.32. The van der Waals surface area contributed by atoms with Crippen LogP contribution >= 0.6 is 0 Å². The Bertz CT molecular complexity index is 394. The van der Waals surface area contributed by atoms with E-state index in [4.69, 9.17) is 5.26 Å². The average Bonchev–Trinajstić information content (AvgIpc) is 2.06. The summed E-state index contributed by atoms with van der Waals surface area (Å²) in [6.45, 7) is 7.99. The van der Waals surface area contributed by atoms with Crippen LogP contribution in [-0.2, 0) is 5.41 Å². The van der Waals surface area contributed by atoms with Crippen molar-refractivity contribution in [2.45, 2.75) is 33.1 Å². The van der Waals surface area contributed by atoms with Crippen LogP contribution in [0, 0.1) is 18.3 Å². The summed E-state index contributed by atoms with van der Waals surface area (Å²) in [4.78, 5) is 0. The van der Waals surface area contributed by atoms with Crippen molar-refractivity contribution in [1.29, 1.82) is 5.26 Å². The van der Waals surface area contributed by atoms with E-state index in [9.17, 15) is 5.11 Å². The van der Waals surface area contributed by atoms with Crippen LogP contribution < -0.4 is 0 Å². The third kappa shape index (κ3) is 1.88. The molecule has 0 aliphatic heterocycles. The lowest BCUT2D eigenvalue weighted by atomic mass is 9.84. The molecule has 0 saturated heterocycles. The molecule has 0 aromatic heterocycles. The van der Waals surface area contributed by atoms with Crippen molar-refractivity contribution in [3.63, 3.8) is 0 Å². The third-order valence-corrected chi connectivity index (χ3v) is 2.27. The lowest BCUT2D eigenvalue weighted by Crippen LogP contribution is -2.11. The van der Waals surface area contributed by atoms with Crippen molar-refractivity contribution >= 4 is 0 Å². The molecule has 74 valence electrons. The second-order valence-corrected chi connectivity index (χ2v) is 4.55. The van der Waals surface area contributed by atoms with Crippen molar-refractivity contribution in [2.24, 2.45) is 0 Å². The maximum atomic E-state index is 9.73. The fraction of sp³-hybridized carbons (Fsp3) is 0.417. The van der Waals surface area contributed by atoms with Crippen LogP contribution in [0.3, 0.4) is 0 Å². The van der Waals surface area contributed by atoms with Gasteiger partial charge < -0.3 is 5.11 Å². The van der Waals surface area contributed by atoms with Crippen molar-refractivity contribution in [2.75, 3.05) is 0 Å². The van der Waals surface area contributed by atoms with Gasteiger partial charge in [0.15, 0.2) is 0 Å². The number of phenolic OH excluding ortho intramolecular Hbond substituents is 1. The number of rotatable bonds is 0. The molecule has 2 nitrogen and oxygen atoms in total. The lowest BCUT2D eigenvalue weighted by Gasteiger charge is -2.21. The van der Waals surface area contributed by atoms with Crippen LogP contribution in [0.15, 0.2) is 12.1 Å². The van der Waals surface area contributed by atoms with Crippen molar-refractivity contribution in [1.82, 2.24) is 0 Å². The second kappa shape index (κ2) is 3.34.